The molecule has 0 aromatic heterocycles. The van der Waals surface area contributed by atoms with E-state index in [1.807, 2.05) is 0 Å². The number of rotatable bonds is 3. The lowest BCUT2D eigenvalue weighted by molar-refractivity contribution is -0.131. The minimum Gasteiger partial charge on any atom is -0.427 e. The Morgan fingerprint density at radius 1 is 1.47 bits per heavy atom. The summed E-state index contributed by atoms with van der Waals surface area (Å²) >= 11 is 5.33. The van der Waals surface area contributed by atoms with Gasteiger partial charge in [0.1, 0.15) is 11.6 Å². The van der Waals surface area contributed by atoms with Crippen LogP contribution >= 0.6 is 11.6 Å². The molecule has 0 aliphatic heterocycles. The summed E-state index contributed by atoms with van der Waals surface area (Å²) in [6, 6.07) is 6.52. The Labute approximate surface area is 92.2 Å². The molecule has 1 aromatic rings. The van der Waals surface area contributed by atoms with Crippen molar-refractivity contribution in [3.05, 3.63) is 24.3 Å². The van der Waals surface area contributed by atoms with Crippen molar-refractivity contribution in [3.63, 3.8) is 0 Å². The third-order valence-electron chi connectivity index (χ3n) is 1.50. The van der Waals surface area contributed by atoms with Gasteiger partial charge in [-0.2, -0.15) is 0 Å². The molecule has 1 amide bonds. The summed E-state index contributed by atoms with van der Waals surface area (Å²) in [5.41, 5.74) is 0.541. The predicted octanol–water partition coefficient (Wildman–Crippen LogP) is 1.79. The van der Waals surface area contributed by atoms with Crippen LogP contribution in [0, 0.1) is 0 Å². The van der Waals surface area contributed by atoms with Gasteiger partial charge in [0.15, 0.2) is 0 Å². The van der Waals surface area contributed by atoms with Crippen LogP contribution in [-0.2, 0) is 9.59 Å². The maximum Gasteiger partial charge on any atom is 0.308 e. The van der Waals surface area contributed by atoms with Crippen LogP contribution in [0.5, 0.6) is 5.75 Å². The lowest BCUT2D eigenvalue weighted by atomic mass is 10.3. The van der Waals surface area contributed by atoms with Crippen LogP contribution in [-0.4, -0.2) is 17.8 Å². The van der Waals surface area contributed by atoms with Crippen molar-refractivity contribution >= 4 is 29.2 Å². The second-order valence-electron chi connectivity index (χ2n) is 2.80. The summed E-state index contributed by atoms with van der Waals surface area (Å²) in [6.07, 6.45) is 0. The molecular weight excluding hydrogens is 218 g/mol. The summed E-state index contributed by atoms with van der Waals surface area (Å²) in [7, 11) is 0. The number of ether oxygens (including phenoxy) is 1. The third kappa shape index (κ3) is 3.99. The zero-order valence-electron chi connectivity index (χ0n) is 8.12. The number of benzene rings is 1. The summed E-state index contributed by atoms with van der Waals surface area (Å²) in [4.78, 5) is 21.6. The fourth-order valence-electron chi connectivity index (χ4n) is 0.998. The first-order valence-corrected chi connectivity index (χ1v) is 4.79. The molecule has 0 spiro atoms. The molecule has 0 aliphatic carbocycles. The Morgan fingerprint density at radius 2 is 2.20 bits per heavy atom. The first kappa shape index (κ1) is 11.5. The van der Waals surface area contributed by atoms with E-state index in [4.69, 9.17) is 16.3 Å². The minimum absolute atomic E-state index is 0.113. The molecule has 0 saturated carbocycles. The number of halogens is 1. The average Bonchev–Trinajstić information content (AvgIpc) is 2.17. The van der Waals surface area contributed by atoms with Gasteiger partial charge in [0.05, 0.1) is 0 Å². The topological polar surface area (TPSA) is 55.4 Å². The van der Waals surface area contributed by atoms with Gasteiger partial charge in [-0.05, 0) is 12.1 Å². The van der Waals surface area contributed by atoms with Gasteiger partial charge >= 0.3 is 5.97 Å². The van der Waals surface area contributed by atoms with Gasteiger partial charge in [-0.25, -0.2) is 0 Å². The smallest absolute Gasteiger partial charge is 0.308 e. The third-order valence-corrected chi connectivity index (χ3v) is 1.74. The molecule has 0 unspecified atom stereocenters. The van der Waals surface area contributed by atoms with Crippen LogP contribution in [0.3, 0.4) is 0 Å². The van der Waals surface area contributed by atoms with Crippen LogP contribution in [0.1, 0.15) is 6.92 Å². The van der Waals surface area contributed by atoms with E-state index < -0.39 is 5.97 Å². The number of anilines is 1. The Morgan fingerprint density at radius 3 is 2.80 bits per heavy atom. The number of carbonyl (C=O) groups is 2. The first-order valence-electron chi connectivity index (χ1n) is 4.26. The molecule has 0 radical (unpaired) electrons. The molecule has 80 valence electrons. The van der Waals surface area contributed by atoms with Crippen LogP contribution < -0.4 is 10.1 Å². The van der Waals surface area contributed by atoms with Crippen molar-refractivity contribution in [1.82, 2.24) is 0 Å². The Balaban J connectivity index is 2.74. The monoisotopic (exact) mass is 227 g/mol. The lowest BCUT2D eigenvalue weighted by Gasteiger charge is -2.05. The number of alkyl halides is 1. The molecule has 4 nitrogen and oxygen atoms in total. The normalized spacial score (nSPS) is 9.47. The van der Waals surface area contributed by atoms with Gasteiger partial charge in [-0.3, -0.25) is 9.59 Å². The van der Waals surface area contributed by atoms with Crippen molar-refractivity contribution in [2.24, 2.45) is 0 Å². The zero-order chi connectivity index (χ0) is 11.3. The van der Waals surface area contributed by atoms with Crippen LogP contribution in [0.15, 0.2) is 24.3 Å². The molecule has 5 heteroatoms. The Kier molecular flexibility index (Phi) is 4.12. The second-order valence-corrected chi connectivity index (χ2v) is 3.07. The number of amides is 1. The van der Waals surface area contributed by atoms with E-state index in [1.165, 1.54) is 6.92 Å². The highest BCUT2D eigenvalue weighted by atomic mass is 35.5. The Bertz CT molecular complexity index is 379. The van der Waals surface area contributed by atoms with E-state index in [-0.39, 0.29) is 11.8 Å². The largest absolute Gasteiger partial charge is 0.427 e. The van der Waals surface area contributed by atoms with Crippen molar-refractivity contribution in [3.8, 4) is 5.75 Å². The molecule has 0 bridgehead atoms. The fraction of sp³-hybridized carbons (Fsp3) is 0.200. The number of esters is 1. The van der Waals surface area contributed by atoms with Gasteiger partial charge in [0, 0.05) is 18.7 Å². The predicted molar refractivity (Wildman–Crippen MR) is 57.1 cm³/mol. The maximum atomic E-state index is 11.0. The molecule has 0 aliphatic rings. The van der Waals surface area contributed by atoms with Crippen LogP contribution in [0.4, 0.5) is 5.69 Å². The molecule has 1 N–H and O–H groups in total. The highest BCUT2D eigenvalue weighted by molar-refractivity contribution is 6.29. The maximum absolute atomic E-state index is 11.0. The number of hydrogen-bond donors (Lipinski definition) is 1. The van der Waals surface area contributed by atoms with Crippen molar-refractivity contribution in [2.75, 3.05) is 11.2 Å². The van der Waals surface area contributed by atoms with Gasteiger partial charge in [-0.15, -0.1) is 11.6 Å². The summed E-state index contributed by atoms with van der Waals surface area (Å²) in [5, 5.41) is 2.54. The number of hydrogen-bond acceptors (Lipinski definition) is 3. The minimum atomic E-state index is -0.407. The van der Waals surface area contributed by atoms with E-state index in [2.05, 4.69) is 5.32 Å². The summed E-state index contributed by atoms with van der Waals surface area (Å²) in [5.74, 6) is -0.444. The lowest BCUT2D eigenvalue weighted by Crippen LogP contribution is -2.12. The average molecular weight is 228 g/mol. The molecule has 1 rings (SSSR count). The van der Waals surface area contributed by atoms with E-state index in [1.54, 1.807) is 24.3 Å². The van der Waals surface area contributed by atoms with Crippen LogP contribution in [0.25, 0.3) is 0 Å². The highest BCUT2D eigenvalue weighted by Gasteiger charge is 2.02. The Hall–Kier alpha value is -1.55. The van der Waals surface area contributed by atoms with E-state index in [0.29, 0.717) is 11.4 Å². The van der Waals surface area contributed by atoms with E-state index >= 15 is 0 Å². The molecular formula is C10H10ClNO3. The quantitative estimate of drug-likeness (QED) is 0.487. The summed E-state index contributed by atoms with van der Waals surface area (Å²) < 4.78 is 4.85. The SMILES string of the molecule is CC(=O)Oc1cccc(NC(=O)CCl)c1. The number of nitrogens with one attached hydrogen (secondary N) is 1. The highest BCUT2D eigenvalue weighted by Crippen LogP contribution is 2.17. The molecule has 1 aromatic carbocycles. The van der Waals surface area contributed by atoms with Crippen LogP contribution in [0.2, 0.25) is 0 Å². The van der Waals surface area contributed by atoms with Crippen molar-refractivity contribution in [2.45, 2.75) is 6.92 Å². The van der Waals surface area contributed by atoms with Gasteiger partial charge in [0.2, 0.25) is 5.91 Å². The zero-order valence-corrected chi connectivity index (χ0v) is 8.88. The molecule has 0 fully saturated rings. The van der Waals surface area contributed by atoms with Gasteiger partial charge < -0.3 is 10.1 Å². The molecule has 0 saturated heterocycles. The molecule has 0 atom stereocenters. The standard InChI is InChI=1S/C10H10ClNO3/c1-7(13)15-9-4-2-3-8(5-9)12-10(14)6-11/h2-5H,6H2,1H3,(H,12,14). The number of carbonyl (C=O) groups excluding carboxylic acids is 2. The molecule has 0 heterocycles. The summed E-state index contributed by atoms with van der Waals surface area (Å²) in [6.45, 7) is 1.31. The van der Waals surface area contributed by atoms with E-state index in [9.17, 15) is 9.59 Å². The van der Waals surface area contributed by atoms with Crippen molar-refractivity contribution in [1.29, 1.82) is 0 Å². The van der Waals surface area contributed by atoms with E-state index in [0.717, 1.165) is 0 Å². The molecule has 15 heavy (non-hydrogen) atoms. The van der Waals surface area contributed by atoms with Gasteiger partial charge in [-0.1, -0.05) is 6.07 Å². The first-order chi connectivity index (χ1) is 7.11. The van der Waals surface area contributed by atoms with Gasteiger partial charge in [0.25, 0.3) is 0 Å². The second kappa shape index (κ2) is 5.36. The van der Waals surface area contributed by atoms with Crippen molar-refractivity contribution < 1.29 is 14.3 Å². The fourth-order valence-corrected chi connectivity index (χ4v) is 1.06.